The standard InChI is InChI=1S/C13H16ClNO3/c1-3-13(17)7-15(8-13)12(16)10-5-4-9(14)6-11(10)18-2/h4-6,17H,3,7-8H2,1-2H3. The molecule has 1 fully saturated rings. The monoisotopic (exact) mass is 269 g/mol. The van der Waals surface area contributed by atoms with Gasteiger partial charge in [-0.3, -0.25) is 4.79 Å². The largest absolute Gasteiger partial charge is 0.496 e. The number of amides is 1. The van der Waals surface area contributed by atoms with Gasteiger partial charge in [-0.15, -0.1) is 0 Å². The van der Waals surface area contributed by atoms with Gasteiger partial charge >= 0.3 is 0 Å². The lowest BCUT2D eigenvalue weighted by Crippen LogP contribution is -2.63. The Hall–Kier alpha value is -1.26. The fraction of sp³-hybridized carbons (Fsp3) is 0.462. The van der Waals surface area contributed by atoms with E-state index in [1.165, 1.54) is 7.11 Å². The fourth-order valence-electron chi connectivity index (χ4n) is 2.04. The van der Waals surface area contributed by atoms with Crippen molar-refractivity contribution in [2.45, 2.75) is 18.9 Å². The second-order valence-corrected chi connectivity index (χ2v) is 5.02. The van der Waals surface area contributed by atoms with Gasteiger partial charge in [-0.2, -0.15) is 0 Å². The molecule has 1 aromatic carbocycles. The highest BCUT2D eigenvalue weighted by Crippen LogP contribution is 2.29. The van der Waals surface area contributed by atoms with E-state index in [-0.39, 0.29) is 5.91 Å². The topological polar surface area (TPSA) is 49.8 Å². The van der Waals surface area contributed by atoms with Crippen LogP contribution in [0, 0.1) is 0 Å². The van der Waals surface area contributed by atoms with E-state index in [2.05, 4.69) is 0 Å². The van der Waals surface area contributed by atoms with E-state index < -0.39 is 5.60 Å². The number of likely N-dealkylation sites (tertiary alicyclic amines) is 1. The van der Waals surface area contributed by atoms with Gasteiger partial charge in [0.1, 0.15) is 5.75 Å². The third-order valence-corrected chi connectivity index (χ3v) is 3.54. The third-order valence-electron chi connectivity index (χ3n) is 3.31. The van der Waals surface area contributed by atoms with Gasteiger partial charge in [0, 0.05) is 5.02 Å². The zero-order valence-corrected chi connectivity index (χ0v) is 11.2. The third kappa shape index (κ3) is 2.31. The fourth-order valence-corrected chi connectivity index (χ4v) is 2.21. The molecule has 0 bridgehead atoms. The SMILES string of the molecule is CCC1(O)CN(C(=O)c2ccc(Cl)cc2OC)C1. The van der Waals surface area contributed by atoms with Crippen LogP contribution in [-0.4, -0.2) is 41.7 Å². The van der Waals surface area contributed by atoms with Crippen molar-refractivity contribution in [3.8, 4) is 5.75 Å². The molecule has 2 rings (SSSR count). The normalized spacial score (nSPS) is 17.2. The van der Waals surface area contributed by atoms with E-state index in [0.29, 0.717) is 35.8 Å². The summed E-state index contributed by atoms with van der Waals surface area (Å²) in [5, 5.41) is 10.4. The van der Waals surface area contributed by atoms with Crippen LogP contribution < -0.4 is 4.74 Å². The summed E-state index contributed by atoms with van der Waals surface area (Å²) in [6.45, 7) is 2.65. The number of carbonyl (C=O) groups is 1. The van der Waals surface area contributed by atoms with Crippen LogP contribution in [0.5, 0.6) is 5.75 Å². The van der Waals surface area contributed by atoms with Crippen molar-refractivity contribution in [2.24, 2.45) is 0 Å². The minimum atomic E-state index is -0.727. The summed E-state index contributed by atoms with van der Waals surface area (Å²) in [6.07, 6.45) is 0.647. The molecule has 1 saturated heterocycles. The van der Waals surface area contributed by atoms with Crippen molar-refractivity contribution in [3.05, 3.63) is 28.8 Å². The molecule has 18 heavy (non-hydrogen) atoms. The van der Waals surface area contributed by atoms with Crippen molar-refractivity contribution in [1.29, 1.82) is 0 Å². The molecule has 1 heterocycles. The molecule has 1 N–H and O–H groups in total. The predicted molar refractivity (Wildman–Crippen MR) is 69.1 cm³/mol. The van der Waals surface area contributed by atoms with Gasteiger partial charge in [-0.1, -0.05) is 18.5 Å². The van der Waals surface area contributed by atoms with Gasteiger partial charge in [0.05, 0.1) is 31.4 Å². The number of methoxy groups -OCH3 is 1. The first-order valence-electron chi connectivity index (χ1n) is 5.84. The average molecular weight is 270 g/mol. The maximum atomic E-state index is 12.2. The van der Waals surface area contributed by atoms with Crippen LogP contribution in [0.4, 0.5) is 0 Å². The van der Waals surface area contributed by atoms with Crippen LogP contribution in [0.3, 0.4) is 0 Å². The highest BCUT2D eigenvalue weighted by molar-refractivity contribution is 6.30. The number of carbonyl (C=O) groups excluding carboxylic acids is 1. The van der Waals surface area contributed by atoms with Crippen LogP contribution in [-0.2, 0) is 0 Å². The van der Waals surface area contributed by atoms with Crippen LogP contribution in [0.2, 0.25) is 5.02 Å². The lowest BCUT2D eigenvalue weighted by molar-refractivity contribution is -0.0827. The predicted octanol–water partition coefficient (Wildman–Crippen LogP) is 1.95. The van der Waals surface area contributed by atoms with Gasteiger partial charge in [-0.25, -0.2) is 0 Å². The average Bonchev–Trinajstić information content (AvgIpc) is 2.34. The Morgan fingerprint density at radius 1 is 1.56 bits per heavy atom. The molecule has 1 amide bonds. The number of aliphatic hydroxyl groups is 1. The van der Waals surface area contributed by atoms with Crippen LogP contribution in [0.25, 0.3) is 0 Å². The van der Waals surface area contributed by atoms with Gasteiger partial charge in [0.2, 0.25) is 0 Å². The molecule has 0 saturated carbocycles. The van der Waals surface area contributed by atoms with E-state index in [0.717, 1.165) is 0 Å². The summed E-state index contributed by atoms with van der Waals surface area (Å²) in [6, 6.07) is 4.91. The van der Waals surface area contributed by atoms with Crippen LogP contribution in [0.15, 0.2) is 18.2 Å². The summed E-state index contributed by atoms with van der Waals surface area (Å²) in [7, 11) is 1.50. The molecular weight excluding hydrogens is 254 g/mol. The number of β-amino-alcohol motifs (C(OH)–C–C–N with tert-alkyl or cyclic N) is 1. The number of rotatable bonds is 3. The molecule has 1 aliphatic rings. The Morgan fingerprint density at radius 2 is 2.22 bits per heavy atom. The van der Waals surface area contributed by atoms with Gasteiger partial charge in [-0.05, 0) is 24.6 Å². The number of hydrogen-bond acceptors (Lipinski definition) is 3. The molecule has 0 unspecified atom stereocenters. The Kier molecular flexibility index (Phi) is 3.50. The first-order chi connectivity index (χ1) is 8.49. The second-order valence-electron chi connectivity index (χ2n) is 4.58. The van der Waals surface area contributed by atoms with Crippen molar-refractivity contribution < 1.29 is 14.6 Å². The molecule has 0 spiro atoms. The Labute approximate surface area is 111 Å². The lowest BCUT2D eigenvalue weighted by Gasteiger charge is -2.46. The molecule has 98 valence electrons. The molecule has 4 nitrogen and oxygen atoms in total. The van der Waals surface area contributed by atoms with Crippen LogP contribution in [0.1, 0.15) is 23.7 Å². The quantitative estimate of drug-likeness (QED) is 0.912. The summed E-state index contributed by atoms with van der Waals surface area (Å²) >= 11 is 5.85. The highest BCUT2D eigenvalue weighted by atomic mass is 35.5. The Morgan fingerprint density at radius 3 is 2.78 bits per heavy atom. The maximum absolute atomic E-state index is 12.2. The number of benzene rings is 1. The summed E-state index contributed by atoms with van der Waals surface area (Å²) in [5.74, 6) is 0.320. The summed E-state index contributed by atoms with van der Waals surface area (Å²) in [5.41, 5.74) is -0.255. The lowest BCUT2D eigenvalue weighted by atomic mass is 9.90. The molecule has 0 aromatic heterocycles. The zero-order chi connectivity index (χ0) is 13.3. The van der Waals surface area contributed by atoms with E-state index in [1.54, 1.807) is 23.1 Å². The molecular formula is C13H16ClNO3. The molecule has 1 aliphatic heterocycles. The van der Waals surface area contributed by atoms with E-state index in [1.807, 2.05) is 6.92 Å². The molecule has 5 heteroatoms. The minimum Gasteiger partial charge on any atom is -0.496 e. The molecule has 0 radical (unpaired) electrons. The van der Waals surface area contributed by atoms with Crippen LogP contribution >= 0.6 is 11.6 Å². The van der Waals surface area contributed by atoms with Crippen molar-refractivity contribution in [3.63, 3.8) is 0 Å². The Balaban J connectivity index is 2.16. The summed E-state index contributed by atoms with van der Waals surface area (Å²) < 4.78 is 5.15. The second kappa shape index (κ2) is 4.78. The van der Waals surface area contributed by atoms with Gasteiger partial charge in [0.15, 0.2) is 0 Å². The molecule has 0 atom stereocenters. The molecule has 0 aliphatic carbocycles. The van der Waals surface area contributed by atoms with Gasteiger partial charge < -0.3 is 14.7 Å². The first-order valence-corrected chi connectivity index (χ1v) is 6.22. The summed E-state index contributed by atoms with van der Waals surface area (Å²) in [4.78, 5) is 13.8. The maximum Gasteiger partial charge on any atom is 0.257 e. The van der Waals surface area contributed by atoms with E-state index in [4.69, 9.17) is 16.3 Å². The minimum absolute atomic E-state index is 0.137. The zero-order valence-electron chi connectivity index (χ0n) is 10.4. The van der Waals surface area contributed by atoms with E-state index in [9.17, 15) is 9.90 Å². The Bertz CT molecular complexity index is 469. The van der Waals surface area contributed by atoms with Crippen molar-refractivity contribution in [2.75, 3.05) is 20.2 Å². The number of halogens is 1. The number of hydrogen-bond donors (Lipinski definition) is 1. The highest BCUT2D eigenvalue weighted by Gasteiger charge is 2.42. The van der Waals surface area contributed by atoms with E-state index >= 15 is 0 Å². The van der Waals surface area contributed by atoms with Crippen molar-refractivity contribution >= 4 is 17.5 Å². The molecule has 1 aromatic rings. The number of ether oxygens (including phenoxy) is 1. The first kappa shape index (κ1) is 13.2. The number of nitrogens with zero attached hydrogens (tertiary/aromatic N) is 1. The van der Waals surface area contributed by atoms with Crippen molar-refractivity contribution in [1.82, 2.24) is 4.90 Å². The smallest absolute Gasteiger partial charge is 0.257 e. The van der Waals surface area contributed by atoms with Gasteiger partial charge in [0.25, 0.3) is 5.91 Å².